The lowest BCUT2D eigenvalue weighted by atomic mass is 10.1. The van der Waals surface area contributed by atoms with Crippen LogP contribution < -0.4 is 11.1 Å². The minimum Gasteiger partial charge on any atom is -0.480 e. The Hall–Kier alpha value is -2.52. The summed E-state index contributed by atoms with van der Waals surface area (Å²) in [5.41, 5.74) is 7.79. The molecule has 0 aliphatic carbocycles. The molecule has 22 heavy (non-hydrogen) atoms. The van der Waals surface area contributed by atoms with E-state index in [-0.39, 0.29) is 19.1 Å². The van der Waals surface area contributed by atoms with Gasteiger partial charge in [-0.05, 0) is 32.4 Å². The number of hydrogen-bond acceptors (Lipinski definition) is 5. The van der Waals surface area contributed by atoms with Crippen molar-refractivity contribution in [3.05, 3.63) is 29.3 Å². The van der Waals surface area contributed by atoms with Crippen molar-refractivity contribution in [3.8, 4) is 12.3 Å². The van der Waals surface area contributed by atoms with Gasteiger partial charge in [0.05, 0.1) is 6.54 Å². The molecule has 6 nitrogen and oxygen atoms in total. The molecule has 0 aromatic heterocycles. The van der Waals surface area contributed by atoms with Crippen LogP contribution >= 0.6 is 0 Å². The summed E-state index contributed by atoms with van der Waals surface area (Å²) in [6.45, 7) is 5.51. The predicted octanol–water partition coefficient (Wildman–Crippen LogP) is 1.31. The van der Waals surface area contributed by atoms with Gasteiger partial charge in [-0.1, -0.05) is 23.6 Å². The van der Waals surface area contributed by atoms with E-state index in [0.717, 1.165) is 11.3 Å². The highest BCUT2D eigenvalue weighted by Gasteiger charge is 2.14. The number of rotatable bonds is 5. The van der Waals surface area contributed by atoms with Gasteiger partial charge in [-0.15, -0.1) is 6.42 Å². The highest BCUT2D eigenvalue weighted by atomic mass is 16.5. The molecular weight excluding hydrogens is 284 g/mol. The van der Waals surface area contributed by atoms with Gasteiger partial charge in [-0.3, -0.25) is 4.79 Å². The van der Waals surface area contributed by atoms with E-state index in [0.29, 0.717) is 0 Å². The summed E-state index contributed by atoms with van der Waals surface area (Å²) in [6.07, 6.45) is 5.02. The molecule has 0 fully saturated rings. The predicted molar refractivity (Wildman–Crippen MR) is 85.5 cm³/mol. The van der Waals surface area contributed by atoms with Gasteiger partial charge in [-0.2, -0.15) is 0 Å². The number of nitrogens with two attached hydrogens (primary N) is 1. The first kappa shape index (κ1) is 19.5. The summed E-state index contributed by atoms with van der Waals surface area (Å²) in [6, 6.07) is 5.59. The van der Waals surface area contributed by atoms with Crippen LogP contribution in [-0.2, 0) is 14.3 Å². The molecule has 1 rings (SSSR count). The van der Waals surface area contributed by atoms with Gasteiger partial charge in [0, 0.05) is 5.69 Å². The van der Waals surface area contributed by atoms with Crippen LogP contribution in [0.4, 0.5) is 5.69 Å². The minimum absolute atomic E-state index is 0.0116. The molecule has 1 aromatic rings. The van der Waals surface area contributed by atoms with Gasteiger partial charge in [0.15, 0.2) is 6.61 Å². The van der Waals surface area contributed by atoms with Crippen LogP contribution in [-0.4, -0.2) is 36.2 Å². The van der Waals surface area contributed by atoms with Crippen LogP contribution in [0.2, 0.25) is 0 Å². The fraction of sp³-hybridized carbons (Fsp3) is 0.375. The Kier molecular flexibility index (Phi) is 9.07. The van der Waals surface area contributed by atoms with Crippen molar-refractivity contribution in [2.45, 2.75) is 26.8 Å². The summed E-state index contributed by atoms with van der Waals surface area (Å²) >= 11 is 0. The van der Waals surface area contributed by atoms with Gasteiger partial charge in [0.25, 0.3) is 0 Å². The van der Waals surface area contributed by atoms with E-state index in [1.165, 1.54) is 5.56 Å². The summed E-state index contributed by atoms with van der Waals surface area (Å²) < 4.78 is 4.85. The second kappa shape index (κ2) is 10.2. The van der Waals surface area contributed by atoms with Gasteiger partial charge in [0.2, 0.25) is 0 Å². The van der Waals surface area contributed by atoms with E-state index >= 15 is 0 Å². The van der Waals surface area contributed by atoms with E-state index in [1.54, 1.807) is 6.92 Å². The number of aryl methyl sites for hydroxylation is 2. The number of aliphatic carboxylic acids is 1. The molecule has 0 bridgehead atoms. The van der Waals surface area contributed by atoms with Crippen LogP contribution in [0.1, 0.15) is 18.1 Å². The first-order chi connectivity index (χ1) is 10.3. The maximum atomic E-state index is 11.5. The van der Waals surface area contributed by atoms with E-state index < -0.39 is 12.0 Å². The molecule has 0 unspecified atom stereocenters. The van der Waals surface area contributed by atoms with Gasteiger partial charge < -0.3 is 20.9 Å². The van der Waals surface area contributed by atoms with Crippen molar-refractivity contribution < 1.29 is 19.4 Å². The first-order valence-corrected chi connectivity index (χ1v) is 6.67. The summed E-state index contributed by atoms with van der Waals surface area (Å²) in [5.74, 6) is 0.953. The zero-order valence-corrected chi connectivity index (χ0v) is 13.1. The second-order valence-corrected chi connectivity index (χ2v) is 4.59. The van der Waals surface area contributed by atoms with Gasteiger partial charge in [-0.25, -0.2) is 4.79 Å². The number of benzene rings is 1. The molecule has 0 aliphatic heterocycles. The number of carbonyl (C=O) groups excluding carboxylic acids is 1. The van der Waals surface area contributed by atoms with Crippen molar-refractivity contribution in [1.82, 2.24) is 0 Å². The van der Waals surface area contributed by atoms with Crippen LogP contribution in [0.5, 0.6) is 0 Å². The number of ether oxygens (including phenoxy) is 1. The lowest BCUT2D eigenvalue weighted by Crippen LogP contribution is -2.28. The van der Waals surface area contributed by atoms with E-state index in [1.807, 2.05) is 26.0 Å². The Labute approximate surface area is 130 Å². The van der Waals surface area contributed by atoms with Crippen molar-refractivity contribution in [1.29, 1.82) is 0 Å². The maximum absolute atomic E-state index is 11.5. The zero-order valence-electron chi connectivity index (χ0n) is 13.1. The van der Waals surface area contributed by atoms with Crippen LogP contribution in [0, 0.1) is 26.2 Å². The molecular formula is C16H22N2O4. The average Bonchev–Trinajstić information content (AvgIpc) is 2.48. The second-order valence-electron chi connectivity index (χ2n) is 4.59. The summed E-state index contributed by atoms with van der Waals surface area (Å²) in [7, 11) is 0. The quantitative estimate of drug-likeness (QED) is 0.560. The number of carboxylic acids is 1. The molecule has 0 heterocycles. The monoisotopic (exact) mass is 306 g/mol. The third-order valence-electron chi connectivity index (χ3n) is 2.58. The zero-order chi connectivity index (χ0) is 17.1. The molecule has 1 aromatic carbocycles. The third kappa shape index (κ3) is 7.92. The molecule has 6 heteroatoms. The van der Waals surface area contributed by atoms with Crippen LogP contribution in [0.25, 0.3) is 0 Å². The number of nitrogens with one attached hydrogen (secondary N) is 1. The van der Waals surface area contributed by atoms with Crippen molar-refractivity contribution in [3.63, 3.8) is 0 Å². The summed E-state index contributed by atoms with van der Waals surface area (Å²) in [4.78, 5) is 20.7. The molecule has 0 amide bonds. The highest BCUT2D eigenvalue weighted by molar-refractivity contribution is 5.79. The number of terminal acetylenes is 1. The highest BCUT2D eigenvalue weighted by Crippen LogP contribution is 2.17. The SMILES string of the molecule is C#CCOC(=O)[C@H](C)Nc1ccc(C)cc1C.NCC(=O)O. The molecule has 0 saturated carbocycles. The summed E-state index contributed by atoms with van der Waals surface area (Å²) in [5, 5.41) is 10.7. The lowest BCUT2D eigenvalue weighted by molar-refractivity contribution is -0.142. The van der Waals surface area contributed by atoms with Gasteiger partial charge >= 0.3 is 11.9 Å². The normalized spacial score (nSPS) is 10.5. The minimum atomic E-state index is -0.968. The number of carboxylic acid groups (broad SMARTS) is 1. The van der Waals surface area contributed by atoms with E-state index in [9.17, 15) is 9.59 Å². The van der Waals surface area contributed by atoms with E-state index in [2.05, 4.69) is 23.0 Å². The third-order valence-corrected chi connectivity index (χ3v) is 2.58. The van der Waals surface area contributed by atoms with Crippen molar-refractivity contribution in [2.75, 3.05) is 18.5 Å². The first-order valence-electron chi connectivity index (χ1n) is 6.67. The topological polar surface area (TPSA) is 102 Å². The van der Waals surface area contributed by atoms with Crippen LogP contribution in [0.3, 0.4) is 0 Å². The molecule has 0 radical (unpaired) electrons. The molecule has 120 valence electrons. The standard InChI is InChI=1S/C14H17NO2.C2H5NO2/c1-5-8-17-14(16)12(4)15-13-7-6-10(2)9-11(13)3;3-1-2(4)5/h1,6-7,9,12,15H,8H2,2-4H3;1,3H2,(H,4,5)/t12-;/m0./s1. The lowest BCUT2D eigenvalue weighted by Gasteiger charge is -2.15. The number of hydrogen-bond donors (Lipinski definition) is 3. The van der Waals surface area contributed by atoms with Crippen molar-refractivity contribution in [2.24, 2.45) is 5.73 Å². The Morgan fingerprint density at radius 2 is 2.05 bits per heavy atom. The van der Waals surface area contributed by atoms with E-state index in [4.69, 9.17) is 16.3 Å². The smallest absolute Gasteiger partial charge is 0.329 e. The Morgan fingerprint density at radius 3 is 2.50 bits per heavy atom. The molecule has 1 atom stereocenters. The van der Waals surface area contributed by atoms with Crippen molar-refractivity contribution >= 4 is 17.6 Å². The number of carbonyl (C=O) groups is 2. The molecule has 0 spiro atoms. The number of anilines is 1. The van der Waals surface area contributed by atoms with Crippen LogP contribution in [0.15, 0.2) is 18.2 Å². The molecule has 0 saturated heterocycles. The Morgan fingerprint density at radius 1 is 1.45 bits per heavy atom. The molecule has 4 N–H and O–H groups in total. The largest absolute Gasteiger partial charge is 0.480 e. The Bertz CT molecular complexity index is 550. The number of esters is 1. The molecule has 0 aliphatic rings. The Balaban J connectivity index is 0.000000763. The average molecular weight is 306 g/mol. The van der Waals surface area contributed by atoms with Gasteiger partial charge in [0.1, 0.15) is 6.04 Å². The fourth-order valence-electron chi connectivity index (χ4n) is 1.51. The fourth-order valence-corrected chi connectivity index (χ4v) is 1.51. The maximum Gasteiger partial charge on any atom is 0.329 e.